The minimum absolute atomic E-state index is 0.651. The number of rotatable bonds is 8. The average Bonchev–Trinajstić information content (AvgIpc) is 2.33. The van der Waals surface area contributed by atoms with Gasteiger partial charge in [-0.05, 0) is 19.8 Å². The van der Waals surface area contributed by atoms with Crippen molar-refractivity contribution in [1.82, 2.24) is 10.2 Å². The molecule has 0 aromatic rings. The lowest BCUT2D eigenvalue weighted by molar-refractivity contribution is 0.0680. The van der Waals surface area contributed by atoms with E-state index in [-0.39, 0.29) is 0 Å². The van der Waals surface area contributed by atoms with Gasteiger partial charge in [0.15, 0.2) is 0 Å². The topological polar surface area (TPSA) is 24.5 Å². The van der Waals surface area contributed by atoms with E-state index in [0.717, 1.165) is 26.3 Å². The minimum Gasteiger partial charge on any atom is -0.380 e. The fourth-order valence-electron chi connectivity index (χ4n) is 2.38. The first kappa shape index (κ1) is 14.9. The van der Waals surface area contributed by atoms with E-state index in [9.17, 15) is 0 Å². The first-order chi connectivity index (χ1) is 8.27. The Hall–Kier alpha value is -0.120. The predicted octanol–water partition coefficient (Wildman–Crippen LogP) is 2.27. The van der Waals surface area contributed by atoms with Crippen molar-refractivity contribution in [2.45, 2.75) is 58.5 Å². The van der Waals surface area contributed by atoms with Crippen LogP contribution >= 0.6 is 0 Å². The molecule has 1 aliphatic heterocycles. The van der Waals surface area contributed by atoms with Crippen molar-refractivity contribution in [3.63, 3.8) is 0 Å². The zero-order chi connectivity index (χ0) is 12.5. The maximum absolute atomic E-state index is 5.66. The van der Waals surface area contributed by atoms with Gasteiger partial charge in [-0.25, -0.2) is 0 Å². The van der Waals surface area contributed by atoms with Crippen LogP contribution in [0.5, 0.6) is 0 Å². The van der Waals surface area contributed by atoms with Crippen LogP contribution in [0.4, 0.5) is 0 Å². The summed E-state index contributed by atoms with van der Waals surface area (Å²) in [5.74, 6) is 0. The summed E-state index contributed by atoms with van der Waals surface area (Å²) in [7, 11) is 0. The summed E-state index contributed by atoms with van der Waals surface area (Å²) in [5.41, 5.74) is 0. The maximum atomic E-state index is 5.66. The number of unbranched alkanes of at least 4 members (excludes halogenated alkanes) is 1. The Kier molecular flexibility index (Phi) is 7.82. The fraction of sp³-hybridized carbons (Fsp3) is 1.00. The third kappa shape index (κ3) is 5.84. The van der Waals surface area contributed by atoms with Crippen molar-refractivity contribution in [1.29, 1.82) is 0 Å². The van der Waals surface area contributed by atoms with E-state index in [1.54, 1.807) is 0 Å². The van der Waals surface area contributed by atoms with Gasteiger partial charge in [0.05, 0.1) is 6.61 Å². The molecule has 2 atom stereocenters. The van der Waals surface area contributed by atoms with E-state index in [1.165, 1.54) is 32.2 Å². The highest BCUT2D eigenvalue weighted by Crippen LogP contribution is 2.09. The summed E-state index contributed by atoms with van der Waals surface area (Å²) in [5, 5.41) is 3.63. The van der Waals surface area contributed by atoms with Gasteiger partial charge in [0, 0.05) is 38.3 Å². The molecule has 0 aromatic heterocycles. The molecule has 0 aliphatic carbocycles. The lowest BCUT2D eigenvalue weighted by Crippen LogP contribution is -2.55. The number of nitrogens with zero attached hydrogens (tertiary/aromatic N) is 1. The first-order valence-electron chi connectivity index (χ1n) is 7.33. The molecule has 0 saturated carbocycles. The van der Waals surface area contributed by atoms with Crippen LogP contribution in [0.25, 0.3) is 0 Å². The summed E-state index contributed by atoms with van der Waals surface area (Å²) in [4.78, 5) is 2.57. The fourth-order valence-corrected chi connectivity index (χ4v) is 2.38. The van der Waals surface area contributed by atoms with Gasteiger partial charge in [0.25, 0.3) is 0 Å². The van der Waals surface area contributed by atoms with Crippen LogP contribution < -0.4 is 5.32 Å². The number of hydrogen-bond donors (Lipinski definition) is 1. The number of ether oxygens (including phenoxy) is 1. The third-order valence-corrected chi connectivity index (χ3v) is 3.58. The average molecular weight is 242 g/mol. The lowest BCUT2D eigenvalue weighted by Gasteiger charge is -2.38. The molecule has 1 aliphatic rings. The van der Waals surface area contributed by atoms with Gasteiger partial charge in [-0.2, -0.15) is 0 Å². The standard InChI is InChI=1S/C14H30N2O/c1-4-6-9-17-10-8-16-12-14(7-5-2)15-11-13(16)3/h13-15H,4-12H2,1-3H3. The highest BCUT2D eigenvalue weighted by molar-refractivity contribution is 4.83. The van der Waals surface area contributed by atoms with Gasteiger partial charge < -0.3 is 10.1 Å². The Morgan fingerprint density at radius 1 is 1.24 bits per heavy atom. The molecular weight excluding hydrogens is 212 g/mol. The Balaban J connectivity index is 2.15. The molecule has 1 heterocycles. The minimum atomic E-state index is 0.651. The third-order valence-electron chi connectivity index (χ3n) is 3.58. The van der Waals surface area contributed by atoms with Crippen molar-refractivity contribution in [3.05, 3.63) is 0 Å². The summed E-state index contributed by atoms with van der Waals surface area (Å²) < 4.78 is 5.66. The molecule has 102 valence electrons. The molecule has 0 aromatic carbocycles. The smallest absolute Gasteiger partial charge is 0.0593 e. The second-order valence-corrected chi connectivity index (χ2v) is 5.20. The van der Waals surface area contributed by atoms with Gasteiger partial charge in [-0.15, -0.1) is 0 Å². The van der Waals surface area contributed by atoms with Gasteiger partial charge in [0.1, 0.15) is 0 Å². The van der Waals surface area contributed by atoms with Crippen molar-refractivity contribution >= 4 is 0 Å². The zero-order valence-electron chi connectivity index (χ0n) is 11.9. The molecule has 0 amide bonds. The molecule has 1 N–H and O–H groups in total. The number of nitrogens with one attached hydrogen (secondary N) is 1. The Morgan fingerprint density at radius 2 is 2.06 bits per heavy atom. The van der Waals surface area contributed by atoms with Crippen molar-refractivity contribution in [2.24, 2.45) is 0 Å². The van der Waals surface area contributed by atoms with E-state index >= 15 is 0 Å². The summed E-state index contributed by atoms with van der Waals surface area (Å²) in [6.45, 7) is 12.0. The largest absolute Gasteiger partial charge is 0.380 e. The van der Waals surface area contributed by atoms with Crippen LogP contribution in [0.3, 0.4) is 0 Å². The maximum Gasteiger partial charge on any atom is 0.0593 e. The highest BCUT2D eigenvalue weighted by Gasteiger charge is 2.23. The monoisotopic (exact) mass is 242 g/mol. The quantitative estimate of drug-likeness (QED) is 0.661. The predicted molar refractivity (Wildman–Crippen MR) is 73.5 cm³/mol. The van der Waals surface area contributed by atoms with Gasteiger partial charge in [0.2, 0.25) is 0 Å². The molecule has 1 saturated heterocycles. The van der Waals surface area contributed by atoms with Crippen LogP contribution in [-0.4, -0.2) is 49.8 Å². The molecular formula is C14H30N2O. The van der Waals surface area contributed by atoms with Crippen LogP contribution in [0.15, 0.2) is 0 Å². The molecule has 3 nitrogen and oxygen atoms in total. The molecule has 0 radical (unpaired) electrons. The summed E-state index contributed by atoms with van der Waals surface area (Å²) >= 11 is 0. The molecule has 1 rings (SSSR count). The molecule has 2 unspecified atom stereocenters. The van der Waals surface area contributed by atoms with E-state index in [0.29, 0.717) is 12.1 Å². The summed E-state index contributed by atoms with van der Waals surface area (Å²) in [6.07, 6.45) is 4.98. The SMILES string of the molecule is CCCCOCCN1CC(CCC)NCC1C. The Labute approximate surface area is 107 Å². The van der Waals surface area contributed by atoms with E-state index in [2.05, 4.69) is 31.0 Å². The molecule has 0 spiro atoms. The van der Waals surface area contributed by atoms with Crippen LogP contribution in [0, 0.1) is 0 Å². The molecule has 0 bridgehead atoms. The van der Waals surface area contributed by atoms with Crippen molar-refractivity contribution < 1.29 is 4.74 Å². The van der Waals surface area contributed by atoms with Crippen LogP contribution in [0.1, 0.15) is 46.5 Å². The second kappa shape index (κ2) is 8.90. The first-order valence-corrected chi connectivity index (χ1v) is 7.33. The zero-order valence-corrected chi connectivity index (χ0v) is 11.9. The van der Waals surface area contributed by atoms with Crippen LogP contribution in [0.2, 0.25) is 0 Å². The Morgan fingerprint density at radius 3 is 2.76 bits per heavy atom. The lowest BCUT2D eigenvalue weighted by atomic mass is 10.1. The number of hydrogen-bond acceptors (Lipinski definition) is 3. The van der Waals surface area contributed by atoms with Gasteiger partial charge in [-0.3, -0.25) is 4.90 Å². The van der Waals surface area contributed by atoms with E-state index in [1.807, 2.05) is 0 Å². The van der Waals surface area contributed by atoms with Crippen molar-refractivity contribution in [3.8, 4) is 0 Å². The molecule has 17 heavy (non-hydrogen) atoms. The Bertz CT molecular complexity index is 187. The van der Waals surface area contributed by atoms with Crippen LogP contribution in [-0.2, 0) is 4.74 Å². The summed E-state index contributed by atoms with van der Waals surface area (Å²) in [6, 6.07) is 1.34. The van der Waals surface area contributed by atoms with Crippen molar-refractivity contribution in [2.75, 3.05) is 32.8 Å². The normalized spacial score (nSPS) is 26.3. The van der Waals surface area contributed by atoms with Gasteiger partial charge >= 0.3 is 0 Å². The number of piperazine rings is 1. The molecule has 1 fully saturated rings. The second-order valence-electron chi connectivity index (χ2n) is 5.20. The van der Waals surface area contributed by atoms with Gasteiger partial charge in [-0.1, -0.05) is 26.7 Å². The van der Waals surface area contributed by atoms with E-state index in [4.69, 9.17) is 4.74 Å². The van der Waals surface area contributed by atoms with E-state index < -0.39 is 0 Å². The molecule has 3 heteroatoms. The highest BCUT2D eigenvalue weighted by atomic mass is 16.5.